The fraction of sp³-hybridized carbons (Fsp3) is 0.108. The van der Waals surface area contributed by atoms with Crippen molar-refractivity contribution in [3.8, 4) is 11.5 Å². The number of hydrogen-bond acceptors (Lipinski definition) is 2. The van der Waals surface area contributed by atoms with E-state index in [1.165, 1.54) is 11.1 Å². The van der Waals surface area contributed by atoms with E-state index in [4.69, 9.17) is 4.74 Å². The summed E-state index contributed by atoms with van der Waals surface area (Å²) in [6.45, 7) is 15.5. The Balaban J connectivity index is 0.000000300. The van der Waals surface area contributed by atoms with Gasteiger partial charge in [0.25, 0.3) is 0 Å². The van der Waals surface area contributed by atoms with E-state index in [-0.39, 0.29) is 27.1 Å². The second kappa shape index (κ2) is 18.3. The Bertz CT molecular complexity index is 1210. The molecule has 0 aromatic heterocycles. The zero-order chi connectivity index (χ0) is 28.5. The first-order valence-corrected chi connectivity index (χ1v) is 12.8. The van der Waals surface area contributed by atoms with Gasteiger partial charge in [-0.25, -0.2) is 0 Å². The van der Waals surface area contributed by atoms with Crippen LogP contribution < -0.4 is 4.74 Å². The maximum atomic E-state index is 9.34. The van der Waals surface area contributed by atoms with Crippen LogP contribution in [0.15, 0.2) is 140 Å². The molecule has 0 aliphatic heterocycles. The number of phenols is 1. The zero-order valence-electron chi connectivity index (χ0n) is 23.8. The van der Waals surface area contributed by atoms with Gasteiger partial charge in [-0.2, -0.15) is 73.9 Å². The van der Waals surface area contributed by atoms with Crippen LogP contribution in [0.25, 0.3) is 0 Å². The molecule has 0 saturated heterocycles. The number of ether oxygens (including phenoxy) is 1. The Morgan fingerprint density at radius 3 is 1.05 bits per heavy atom. The molecule has 5 rings (SSSR count). The SMILES string of the molecule is COc1ccc(C(C)(C)c2ccc(O)cc2)cc1.[CH2-]c1ccccc1.[CH2-]c1ccccc1.[CH2-]c1ccccc1.[Ti+3]. The minimum Gasteiger partial charge on any atom is -0.508 e. The van der Waals surface area contributed by atoms with E-state index in [0.29, 0.717) is 5.75 Å². The van der Waals surface area contributed by atoms with Gasteiger partial charge >= 0.3 is 21.7 Å². The number of methoxy groups -OCH3 is 1. The number of hydrogen-bond donors (Lipinski definition) is 1. The predicted molar refractivity (Wildman–Crippen MR) is 166 cm³/mol. The van der Waals surface area contributed by atoms with Crippen LogP contribution >= 0.6 is 0 Å². The summed E-state index contributed by atoms with van der Waals surface area (Å²) < 4.78 is 5.17. The van der Waals surface area contributed by atoms with E-state index in [9.17, 15) is 5.11 Å². The maximum Gasteiger partial charge on any atom is 3.00 e. The molecule has 0 saturated carbocycles. The second-order valence-corrected chi connectivity index (χ2v) is 9.36. The molecule has 0 aliphatic carbocycles. The van der Waals surface area contributed by atoms with Crippen LogP contribution in [-0.2, 0) is 27.1 Å². The Hall–Kier alpha value is -3.98. The molecule has 0 aliphatic rings. The minimum absolute atomic E-state index is 0. The van der Waals surface area contributed by atoms with Crippen LogP contribution in [0.4, 0.5) is 0 Å². The molecule has 0 amide bonds. The van der Waals surface area contributed by atoms with Crippen molar-refractivity contribution in [2.45, 2.75) is 19.3 Å². The summed E-state index contributed by atoms with van der Waals surface area (Å²) in [4.78, 5) is 0. The number of benzene rings is 5. The van der Waals surface area contributed by atoms with Crippen LogP contribution in [0.3, 0.4) is 0 Å². The standard InChI is InChI=1S/C16H18O2.3C7H7.Ti/c1-16(2,12-4-8-14(17)9-5-12)13-6-10-15(18-3)11-7-13;3*1-7-5-3-2-4-6-7;/h4-11,17H,1-3H3;3*2-6H,1H2;/q;3*-1;+3. The fourth-order valence-electron chi connectivity index (χ4n) is 3.49. The van der Waals surface area contributed by atoms with Crippen LogP contribution in [0.1, 0.15) is 41.7 Å². The fourth-order valence-corrected chi connectivity index (χ4v) is 3.49. The molecule has 0 unspecified atom stereocenters. The van der Waals surface area contributed by atoms with Gasteiger partial charge in [0.2, 0.25) is 0 Å². The molecule has 2 nitrogen and oxygen atoms in total. The molecule has 40 heavy (non-hydrogen) atoms. The summed E-state index contributed by atoms with van der Waals surface area (Å²) in [6, 6.07) is 45.1. The molecule has 3 heteroatoms. The van der Waals surface area contributed by atoms with E-state index in [0.717, 1.165) is 22.4 Å². The molecule has 1 radical (unpaired) electrons. The summed E-state index contributed by atoms with van der Waals surface area (Å²) in [5, 5.41) is 9.34. The molecule has 0 bridgehead atoms. The molecule has 203 valence electrons. The number of aromatic hydroxyl groups is 1. The third-order valence-electron chi connectivity index (χ3n) is 5.93. The summed E-state index contributed by atoms with van der Waals surface area (Å²) >= 11 is 0. The molecule has 5 aromatic rings. The molecular weight excluding hydrogens is 524 g/mol. The van der Waals surface area contributed by atoms with Gasteiger partial charge in [0.1, 0.15) is 11.5 Å². The van der Waals surface area contributed by atoms with Crippen LogP contribution in [-0.4, -0.2) is 12.2 Å². The summed E-state index contributed by atoms with van der Waals surface area (Å²) in [7, 11) is 1.67. The third-order valence-corrected chi connectivity index (χ3v) is 5.93. The topological polar surface area (TPSA) is 29.5 Å². The number of phenolic OH excluding ortho intramolecular Hbond substituents is 1. The van der Waals surface area contributed by atoms with Gasteiger partial charge in [0.05, 0.1) is 7.11 Å². The monoisotopic (exact) mass is 563 g/mol. The quantitative estimate of drug-likeness (QED) is 0.175. The minimum atomic E-state index is -0.0973. The van der Waals surface area contributed by atoms with Crippen molar-refractivity contribution in [3.05, 3.63) is 188 Å². The zero-order valence-corrected chi connectivity index (χ0v) is 25.3. The summed E-state index contributed by atoms with van der Waals surface area (Å²) in [6.07, 6.45) is 0. The summed E-state index contributed by atoms with van der Waals surface area (Å²) in [5.41, 5.74) is 5.51. The van der Waals surface area contributed by atoms with E-state index in [1.54, 1.807) is 19.2 Å². The first-order chi connectivity index (χ1) is 18.7. The van der Waals surface area contributed by atoms with Crippen molar-refractivity contribution < 1.29 is 31.6 Å². The van der Waals surface area contributed by atoms with Crippen LogP contribution in [0, 0.1) is 20.8 Å². The van der Waals surface area contributed by atoms with Crippen LogP contribution in [0.2, 0.25) is 0 Å². The number of rotatable bonds is 3. The van der Waals surface area contributed by atoms with Gasteiger partial charge in [0, 0.05) is 5.41 Å². The maximum absolute atomic E-state index is 9.34. The van der Waals surface area contributed by atoms with Gasteiger partial charge in [0.15, 0.2) is 0 Å². The van der Waals surface area contributed by atoms with Gasteiger partial charge in [-0.1, -0.05) is 56.3 Å². The molecule has 0 atom stereocenters. The van der Waals surface area contributed by atoms with Crippen molar-refractivity contribution in [1.82, 2.24) is 0 Å². The average molecular weight is 564 g/mol. The molecule has 0 spiro atoms. The van der Waals surface area contributed by atoms with Gasteiger partial charge in [-0.3, -0.25) is 0 Å². The molecular formula is C37H39O2Ti. The Labute approximate surface area is 256 Å². The van der Waals surface area contributed by atoms with Gasteiger partial charge < -0.3 is 9.84 Å². The Kier molecular flexibility index (Phi) is 15.6. The molecule has 0 heterocycles. The first kappa shape index (κ1) is 34.1. The Morgan fingerprint density at radius 2 is 0.800 bits per heavy atom. The predicted octanol–water partition coefficient (Wildman–Crippen LogP) is 9.33. The van der Waals surface area contributed by atoms with Crippen molar-refractivity contribution in [1.29, 1.82) is 0 Å². The average Bonchev–Trinajstić information content (AvgIpc) is 2.96. The van der Waals surface area contributed by atoms with Crippen molar-refractivity contribution in [2.24, 2.45) is 0 Å². The van der Waals surface area contributed by atoms with E-state index in [2.05, 4.69) is 46.8 Å². The second-order valence-electron chi connectivity index (χ2n) is 9.36. The molecule has 0 fully saturated rings. The first-order valence-electron chi connectivity index (χ1n) is 12.8. The van der Waals surface area contributed by atoms with Gasteiger partial charge in [-0.05, 0) is 35.4 Å². The normalized spacial score (nSPS) is 9.57. The smallest absolute Gasteiger partial charge is 0.508 e. The largest absolute Gasteiger partial charge is 3.00 e. The summed E-state index contributed by atoms with van der Waals surface area (Å²) in [5.74, 6) is 1.16. The van der Waals surface area contributed by atoms with E-state index in [1.807, 2.05) is 115 Å². The van der Waals surface area contributed by atoms with Crippen molar-refractivity contribution >= 4 is 0 Å². The van der Waals surface area contributed by atoms with Crippen molar-refractivity contribution in [2.75, 3.05) is 7.11 Å². The third kappa shape index (κ3) is 12.7. The van der Waals surface area contributed by atoms with Gasteiger partial charge in [-0.15, -0.1) is 36.4 Å². The van der Waals surface area contributed by atoms with Crippen molar-refractivity contribution in [3.63, 3.8) is 0 Å². The van der Waals surface area contributed by atoms with E-state index < -0.39 is 0 Å². The van der Waals surface area contributed by atoms with Crippen LogP contribution in [0.5, 0.6) is 11.5 Å². The molecule has 5 aromatic carbocycles. The molecule has 1 N–H and O–H groups in total. The Morgan fingerprint density at radius 1 is 0.500 bits per heavy atom. The van der Waals surface area contributed by atoms with E-state index >= 15 is 0 Å².